The summed E-state index contributed by atoms with van der Waals surface area (Å²) in [5.74, 6) is -1.75. The minimum absolute atomic E-state index is 0.508. The van der Waals surface area contributed by atoms with Gasteiger partial charge in [-0.15, -0.1) is 0 Å². The number of aliphatic carboxylic acids is 1. The number of carboxylic acid groups (broad SMARTS) is 1. The van der Waals surface area contributed by atoms with Crippen molar-refractivity contribution >= 4 is 11.9 Å². The predicted octanol–water partition coefficient (Wildman–Crippen LogP) is 5.20. The molecular weight excluding hydrogens is 342 g/mol. The first-order valence-corrected chi connectivity index (χ1v) is 11.3. The topological polar surface area (TPSA) is 86.6 Å². The van der Waals surface area contributed by atoms with Crippen LogP contribution in [0.3, 0.4) is 0 Å². The van der Waals surface area contributed by atoms with Gasteiger partial charge in [-0.05, 0) is 6.42 Å². The van der Waals surface area contributed by atoms with Gasteiger partial charge in [-0.25, -0.2) is 0 Å². The standard InChI is InChI=1S/C22H43NO4/c1-2-3-4-5-6-7-8-9-10-11-12-13-14-15-16-17-18-23-22(27)20(24)19-21(25)26/h20,24H,2-19H2,1H3,(H,23,27)(H,25,26). The van der Waals surface area contributed by atoms with Gasteiger partial charge in [0.15, 0.2) is 0 Å². The molecule has 0 heterocycles. The second-order valence-electron chi connectivity index (χ2n) is 7.71. The molecule has 1 amide bonds. The number of hydrogen-bond donors (Lipinski definition) is 3. The highest BCUT2D eigenvalue weighted by molar-refractivity contribution is 5.84. The third-order valence-corrected chi connectivity index (χ3v) is 5.00. The van der Waals surface area contributed by atoms with Gasteiger partial charge >= 0.3 is 5.97 Å². The summed E-state index contributed by atoms with van der Waals surface area (Å²) in [6.45, 7) is 2.77. The molecule has 5 heteroatoms. The zero-order valence-corrected chi connectivity index (χ0v) is 17.5. The van der Waals surface area contributed by atoms with E-state index in [1.807, 2.05) is 0 Å². The summed E-state index contributed by atoms with van der Waals surface area (Å²) in [6, 6.07) is 0. The van der Waals surface area contributed by atoms with Crippen LogP contribution in [0.1, 0.15) is 116 Å². The Morgan fingerprint density at radius 3 is 1.44 bits per heavy atom. The molecule has 0 aliphatic rings. The molecule has 160 valence electrons. The first kappa shape index (κ1) is 25.9. The van der Waals surface area contributed by atoms with Gasteiger partial charge in [-0.2, -0.15) is 0 Å². The number of hydrogen-bond acceptors (Lipinski definition) is 3. The van der Waals surface area contributed by atoms with Crippen LogP contribution in [-0.4, -0.2) is 34.7 Å². The molecule has 3 N–H and O–H groups in total. The van der Waals surface area contributed by atoms with Gasteiger partial charge in [0.25, 0.3) is 0 Å². The lowest BCUT2D eigenvalue weighted by atomic mass is 10.0. The van der Waals surface area contributed by atoms with Crippen LogP contribution in [-0.2, 0) is 9.59 Å². The molecule has 0 aliphatic heterocycles. The van der Waals surface area contributed by atoms with Crippen molar-refractivity contribution in [2.24, 2.45) is 0 Å². The summed E-state index contributed by atoms with van der Waals surface area (Å²) < 4.78 is 0. The molecule has 5 nitrogen and oxygen atoms in total. The Hall–Kier alpha value is -1.10. The molecule has 0 saturated heterocycles. The van der Waals surface area contributed by atoms with Crippen LogP contribution in [0.5, 0.6) is 0 Å². The van der Waals surface area contributed by atoms with E-state index in [0.29, 0.717) is 6.54 Å². The van der Waals surface area contributed by atoms with E-state index >= 15 is 0 Å². The van der Waals surface area contributed by atoms with E-state index in [2.05, 4.69) is 12.2 Å². The lowest BCUT2D eigenvalue weighted by Gasteiger charge is -2.09. The van der Waals surface area contributed by atoms with E-state index in [9.17, 15) is 14.7 Å². The Bertz CT molecular complexity index is 360. The average Bonchev–Trinajstić information content (AvgIpc) is 2.63. The maximum Gasteiger partial charge on any atom is 0.306 e. The number of amides is 1. The van der Waals surface area contributed by atoms with Gasteiger partial charge in [0, 0.05) is 6.54 Å². The molecule has 0 aromatic heterocycles. The van der Waals surface area contributed by atoms with Crippen LogP contribution in [0.4, 0.5) is 0 Å². The number of unbranched alkanes of at least 4 members (excludes halogenated alkanes) is 15. The second kappa shape index (κ2) is 19.7. The Morgan fingerprint density at radius 2 is 1.07 bits per heavy atom. The largest absolute Gasteiger partial charge is 0.481 e. The average molecular weight is 386 g/mol. The first-order chi connectivity index (χ1) is 13.1. The predicted molar refractivity (Wildman–Crippen MR) is 111 cm³/mol. The summed E-state index contributed by atoms with van der Waals surface area (Å²) in [5.41, 5.74) is 0. The normalized spacial score (nSPS) is 12.1. The molecule has 0 bridgehead atoms. The van der Waals surface area contributed by atoms with Gasteiger partial charge in [-0.1, -0.05) is 103 Å². The number of carbonyl (C=O) groups is 2. The number of nitrogens with one attached hydrogen (secondary N) is 1. The monoisotopic (exact) mass is 385 g/mol. The maximum atomic E-state index is 11.4. The SMILES string of the molecule is CCCCCCCCCCCCCCCCCCNC(=O)C(O)CC(=O)O. The van der Waals surface area contributed by atoms with E-state index in [1.165, 1.54) is 89.9 Å². The molecule has 0 aromatic rings. The van der Waals surface area contributed by atoms with E-state index in [0.717, 1.165) is 12.8 Å². The third-order valence-electron chi connectivity index (χ3n) is 5.00. The number of carbonyl (C=O) groups excluding carboxylic acids is 1. The minimum Gasteiger partial charge on any atom is -0.481 e. The van der Waals surface area contributed by atoms with Crippen LogP contribution >= 0.6 is 0 Å². The summed E-state index contributed by atoms with van der Waals surface area (Å²) in [7, 11) is 0. The highest BCUT2D eigenvalue weighted by atomic mass is 16.4. The molecule has 27 heavy (non-hydrogen) atoms. The van der Waals surface area contributed by atoms with Gasteiger partial charge in [0.2, 0.25) is 5.91 Å². The third kappa shape index (κ3) is 19.5. The van der Waals surface area contributed by atoms with Crippen molar-refractivity contribution in [1.82, 2.24) is 5.32 Å². The van der Waals surface area contributed by atoms with Gasteiger partial charge in [0.1, 0.15) is 6.10 Å². The molecule has 0 spiro atoms. The molecule has 1 atom stereocenters. The van der Waals surface area contributed by atoms with E-state index < -0.39 is 24.4 Å². The lowest BCUT2D eigenvalue weighted by molar-refractivity contribution is -0.143. The summed E-state index contributed by atoms with van der Waals surface area (Å²) in [4.78, 5) is 21.8. The van der Waals surface area contributed by atoms with Crippen molar-refractivity contribution in [2.75, 3.05) is 6.54 Å². The molecule has 0 fully saturated rings. The Morgan fingerprint density at radius 1 is 0.704 bits per heavy atom. The fourth-order valence-electron chi connectivity index (χ4n) is 3.26. The smallest absolute Gasteiger partial charge is 0.306 e. The van der Waals surface area contributed by atoms with Gasteiger partial charge < -0.3 is 15.5 Å². The van der Waals surface area contributed by atoms with Crippen molar-refractivity contribution in [2.45, 2.75) is 122 Å². The quantitative estimate of drug-likeness (QED) is 0.251. The van der Waals surface area contributed by atoms with Crippen LogP contribution in [0.2, 0.25) is 0 Å². The van der Waals surface area contributed by atoms with Crippen molar-refractivity contribution < 1.29 is 19.8 Å². The fraction of sp³-hybridized carbons (Fsp3) is 0.909. The van der Waals surface area contributed by atoms with Crippen LogP contribution in [0.15, 0.2) is 0 Å². The summed E-state index contributed by atoms with van der Waals surface area (Å²) in [5, 5.41) is 20.4. The van der Waals surface area contributed by atoms with Crippen molar-refractivity contribution in [3.63, 3.8) is 0 Å². The molecule has 0 radical (unpaired) electrons. The van der Waals surface area contributed by atoms with Crippen molar-refractivity contribution in [3.05, 3.63) is 0 Å². The Balaban J connectivity index is 3.19. The molecule has 0 saturated carbocycles. The maximum absolute atomic E-state index is 11.4. The Labute approximate surface area is 166 Å². The highest BCUT2D eigenvalue weighted by Crippen LogP contribution is 2.13. The highest BCUT2D eigenvalue weighted by Gasteiger charge is 2.17. The number of rotatable bonds is 20. The molecule has 0 rings (SSSR count). The Kier molecular flexibility index (Phi) is 18.9. The lowest BCUT2D eigenvalue weighted by Crippen LogP contribution is -2.36. The zero-order valence-electron chi connectivity index (χ0n) is 17.5. The first-order valence-electron chi connectivity index (χ1n) is 11.3. The van der Waals surface area contributed by atoms with E-state index in [4.69, 9.17) is 5.11 Å². The minimum atomic E-state index is -1.44. The van der Waals surface area contributed by atoms with E-state index in [-0.39, 0.29) is 0 Å². The fourth-order valence-corrected chi connectivity index (χ4v) is 3.26. The van der Waals surface area contributed by atoms with Crippen molar-refractivity contribution in [1.29, 1.82) is 0 Å². The van der Waals surface area contributed by atoms with Gasteiger partial charge in [-0.3, -0.25) is 9.59 Å². The van der Waals surface area contributed by atoms with Crippen molar-refractivity contribution in [3.8, 4) is 0 Å². The number of aliphatic hydroxyl groups is 1. The molecule has 1 unspecified atom stereocenters. The molecule has 0 aliphatic carbocycles. The summed E-state index contributed by atoms with van der Waals surface area (Å²) in [6.07, 6.45) is 18.9. The second-order valence-corrected chi connectivity index (χ2v) is 7.71. The molecular formula is C22H43NO4. The summed E-state index contributed by atoms with van der Waals surface area (Å²) >= 11 is 0. The number of aliphatic hydroxyl groups excluding tert-OH is 1. The van der Waals surface area contributed by atoms with Crippen LogP contribution in [0, 0.1) is 0 Å². The number of carboxylic acids is 1. The van der Waals surface area contributed by atoms with Crippen LogP contribution in [0.25, 0.3) is 0 Å². The zero-order chi connectivity index (χ0) is 20.2. The van der Waals surface area contributed by atoms with Crippen LogP contribution < -0.4 is 5.32 Å². The van der Waals surface area contributed by atoms with Gasteiger partial charge in [0.05, 0.1) is 6.42 Å². The molecule has 0 aromatic carbocycles. The van der Waals surface area contributed by atoms with E-state index in [1.54, 1.807) is 0 Å².